The summed E-state index contributed by atoms with van der Waals surface area (Å²) in [5.74, 6) is -1.43. The van der Waals surface area contributed by atoms with Gasteiger partial charge in [-0.15, -0.1) is 0 Å². The molecule has 1 saturated heterocycles. The Bertz CT molecular complexity index is 487. The summed E-state index contributed by atoms with van der Waals surface area (Å²) < 4.78 is 13.4. The Morgan fingerprint density at radius 3 is 2.65 bits per heavy atom. The van der Waals surface area contributed by atoms with Crippen molar-refractivity contribution in [3.05, 3.63) is 35.6 Å². The molecule has 0 aliphatic carbocycles. The predicted octanol–water partition coefficient (Wildman–Crippen LogP) is -0.0838. The topological polar surface area (TPSA) is 61.4 Å². The molecule has 1 aromatic carbocycles. The molecule has 2 N–H and O–H groups in total. The Morgan fingerprint density at radius 2 is 1.95 bits per heavy atom. The molecule has 0 unspecified atom stereocenters. The van der Waals surface area contributed by atoms with Crippen LogP contribution in [0.3, 0.4) is 0 Å². The second-order valence-corrected chi connectivity index (χ2v) is 4.64. The largest absolute Gasteiger partial charge is 0.347 e. The van der Waals surface area contributed by atoms with E-state index < -0.39 is 11.8 Å². The van der Waals surface area contributed by atoms with Gasteiger partial charge in [-0.3, -0.25) is 9.59 Å². The highest BCUT2D eigenvalue weighted by atomic mass is 19.1. The Hall–Kier alpha value is -1.95. The number of nitrogens with one attached hydrogen (secondary N) is 2. The van der Waals surface area contributed by atoms with Crippen molar-refractivity contribution in [2.75, 3.05) is 32.7 Å². The number of carbonyl (C=O) groups excluding carboxylic acids is 2. The highest BCUT2D eigenvalue weighted by molar-refractivity contribution is 6.35. The number of hydrogen-bond donors (Lipinski definition) is 2. The van der Waals surface area contributed by atoms with Gasteiger partial charge >= 0.3 is 11.8 Å². The number of rotatable bonds is 3. The van der Waals surface area contributed by atoms with Gasteiger partial charge in [0, 0.05) is 32.7 Å². The lowest BCUT2D eigenvalue weighted by molar-refractivity contribution is -0.146. The van der Waals surface area contributed by atoms with Crippen LogP contribution in [0.1, 0.15) is 5.56 Å². The van der Waals surface area contributed by atoms with Crippen molar-refractivity contribution in [3.63, 3.8) is 0 Å². The summed E-state index contributed by atoms with van der Waals surface area (Å²) in [5, 5.41) is 5.65. The van der Waals surface area contributed by atoms with Gasteiger partial charge in [-0.2, -0.15) is 0 Å². The molecule has 1 fully saturated rings. The van der Waals surface area contributed by atoms with E-state index in [2.05, 4.69) is 10.6 Å². The molecule has 5 nitrogen and oxygen atoms in total. The Balaban J connectivity index is 1.77. The molecule has 0 bridgehead atoms. The Kier molecular flexibility index (Phi) is 5.06. The number of benzene rings is 1. The van der Waals surface area contributed by atoms with Gasteiger partial charge in [0.05, 0.1) is 0 Å². The van der Waals surface area contributed by atoms with Gasteiger partial charge in [0.2, 0.25) is 0 Å². The summed E-state index contributed by atoms with van der Waals surface area (Å²) >= 11 is 0. The normalized spacial score (nSPS) is 14.9. The van der Waals surface area contributed by atoms with Crippen molar-refractivity contribution in [1.82, 2.24) is 15.5 Å². The van der Waals surface area contributed by atoms with Gasteiger partial charge in [0.15, 0.2) is 0 Å². The summed E-state index contributed by atoms with van der Waals surface area (Å²) in [5.41, 5.74) is 0.530. The lowest BCUT2D eigenvalue weighted by Crippen LogP contribution is -2.51. The van der Waals surface area contributed by atoms with Gasteiger partial charge in [-0.25, -0.2) is 4.39 Å². The fourth-order valence-electron chi connectivity index (χ4n) is 2.10. The van der Waals surface area contributed by atoms with Crippen LogP contribution < -0.4 is 10.6 Å². The molecule has 20 heavy (non-hydrogen) atoms. The zero-order valence-corrected chi connectivity index (χ0v) is 11.2. The van der Waals surface area contributed by atoms with E-state index in [-0.39, 0.29) is 12.4 Å². The SMILES string of the molecule is O=C(NCCc1ccccc1F)C(=O)N1CCNCC1. The Morgan fingerprint density at radius 1 is 1.25 bits per heavy atom. The van der Waals surface area contributed by atoms with E-state index in [1.54, 1.807) is 18.2 Å². The maximum Gasteiger partial charge on any atom is 0.311 e. The van der Waals surface area contributed by atoms with Crippen LogP contribution in [0.2, 0.25) is 0 Å². The summed E-state index contributed by atoms with van der Waals surface area (Å²) in [7, 11) is 0. The lowest BCUT2D eigenvalue weighted by atomic mass is 10.1. The van der Waals surface area contributed by atoms with E-state index in [9.17, 15) is 14.0 Å². The molecular weight excluding hydrogens is 261 g/mol. The Labute approximate surface area is 117 Å². The number of hydrogen-bond acceptors (Lipinski definition) is 3. The average Bonchev–Trinajstić information content (AvgIpc) is 2.49. The third kappa shape index (κ3) is 3.77. The fourth-order valence-corrected chi connectivity index (χ4v) is 2.10. The van der Waals surface area contributed by atoms with Crippen LogP contribution in [-0.4, -0.2) is 49.4 Å². The summed E-state index contributed by atoms with van der Waals surface area (Å²) in [6, 6.07) is 6.40. The maximum atomic E-state index is 13.4. The van der Waals surface area contributed by atoms with E-state index in [4.69, 9.17) is 0 Å². The van der Waals surface area contributed by atoms with Gasteiger partial charge in [0.25, 0.3) is 0 Å². The number of piperazine rings is 1. The van der Waals surface area contributed by atoms with E-state index in [0.717, 1.165) is 0 Å². The van der Waals surface area contributed by atoms with E-state index >= 15 is 0 Å². The zero-order valence-electron chi connectivity index (χ0n) is 11.2. The molecule has 0 spiro atoms. The molecule has 2 rings (SSSR count). The molecule has 0 saturated carbocycles. The molecule has 1 aliphatic heterocycles. The standard InChI is InChI=1S/C14H18FN3O2/c15-12-4-2-1-3-11(12)5-6-17-13(19)14(20)18-9-7-16-8-10-18/h1-4,16H,5-10H2,(H,17,19). The van der Waals surface area contributed by atoms with Gasteiger partial charge in [-0.05, 0) is 18.1 Å². The van der Waals surface area contributed by atoms with Gasteiger partial charge in [0.1, 0.15) is 5.82 Å². The lowest BCUT2D eigenvalue weighted by Gasteiger charge is -2.26. The molecule has 1 aromatic rings. The molecular formula is C14H18FN3O2. The molecule has 1 aliphatic rings. The number of nitrogens with zero attached hydrogens (tertiary/aromatic N) is 1. The number of amides is 2. The van der Waals surface area contributed by atoms with Crippen LogP contribution in [0.15, 0.2) is 24.3 Å². The van der Waals surface area contributed by atoms with Crippen LogP contribution in [0.25, 0.3) is 0 Å². The minimum atomic E-state index is -0.622. The third-order valence-corrected chi connectivity index (χ3v) is 3.24. The van der Waals surface area contributed by atoms with E-state index in [1.165, 1.54) is 11.0 Å². The molecule has 0 aromatic heterocycles. The molecule has 108 valence electrons. The van der Waals surface area contributed by atoms with Crippen molar-refractivity contribution in [2.45, 2.75) is 6.42 Å². The second-order valence-electron chi connectivity index (χ2n) is 4.64. The monoisotopic (exact) mass is 279 g/mol. The van der Waals surface area contributed by atoms with E-state index in [1.807, 2.05) is 0 Å². The van der Waals surface area contributed by atoms with Crippen molar-refractivity contribution >= 4 is 11.8 Å². The highest BCUT2D eigenvalue weighted by Crippen LogP contribution is 2.06. The first kappa shape index (κ1) is 14.5. The molecule has 2 amide bonds. The predicted molar refractivity (Wildman–Crippen MR) is 72.6 cm³/mol. The van der Waals surface area contributed by atoms with E-state index in [0.29, 0.717) is 38.2 Å². The molecule has 0 atom stereocenters. The van der Waals surface area contributed by atoms with Crippen LogP contribution in [0.4, 0.5) is 4.39 Å². The van der Waals surface area contributed by atoms with Gasteiger partial charge in [-0.1, -0.05) is 18.2 Å². The first-order valence-electron chi connectivity index (χ1n) is 6.69. The first-order valence-corrected chi connectivity index (χ1v) is 6.69. The van der Waals surface area contributed by atoms with Crippen LogP contribution in [0.5, 0.6) is 0 Å². The zero-order chi connectivity index (χ0) is 14.4. The smallest absolute Gasteiger partial charge is 0.311 e. The van der Waals surface area contributed by atoms with Crippen molar-refractivity contribution in [3.8, 4) is 0 Å². The number of halogens is 1. The summed E-state index contributed by atoms with van der Waals surface area (Å²) in [6.45, 7) is 2.74. The first-order chi connectivity index (χ1) is 9.68. The molecule has 6 heteroatoms. The quantitative estimate of drug-likeness (QED) is 0.761. The van der Waals surface area contributed by atoms with Crippen LogP contribution in [0, 0.1) is 5.82 Å². The number of carbonyl (C=O) groups is 2. The van der Waals surface area contributed by atoms with Crippen molar-refractivity contribution < 1.29 is 14.0 Å². The minimum Gasteiger partial charge on any atom is -0.347 e. The van der Waals surface area contributed by atoms with Gasteiger partial charge < -0.3 is 15.5 Å². The average molecular weight is 279 g/mol. The summed E-state index contributed by atoms with van der Waals surface area (Å²) in [4.78, 5) is 25.0. The fraction of sp³-hybridized carbons (Fsp3) is 0.429. The van der Waals surface area contributed by atoms with Crippen molar-refractivity contribution in [1.29, 1.82) is 0 Å². The molecule has 0 radical (unpaired) electrons. The van der Waals surface area contributed by atoms with Crippen LogP contribution >= 0.6 is 0 Å². The van der Waals surface area contributed by atoms with Crippen molar-refractivity contribution in [2.24, 2.45) is 0 Å². The second kappa shape index (κ2) is 7.00. The third-order valence-electron chi connectivity index (χ3n) is 3.24. The molecule has 1 heterocycles. The maximum absolute atomic E-state index is 13.4. The highest BCUT2D eigenvalue weighted by Gasteiger charge is 2.22. The van der Waals surface area contributed by atoms with Crippen LogP contribution in [-0.2, 0) is 16.0 Å². The summed E-state index contributed by atoms with van der Waals surface area (Å²) in [6.07, 6.45) is 0.368. The minimum absolute atomic E-state index is 0.248.